The largest absolute Gasteiger partial charge is 0.408 e. The monoisotopic (exact) mass is 277 g/mol. The van der Waals surface area contributed by atoms with E-state index in [4.69, 9.17) is 4.42 Å². The summed E-state index contributed by atoms with van der Waals surface area (Å²) in [6, 6.07) is 0.701. The van der Waals surface area contributed by atoms with Crippen LogP contribution in [0.5, 0.6) is 0 Å². The third-order valence-corrected chi connectivity index (χ3v) is 2.81. The normalized spacial score (nSPS) is 14.4. The van der Waals surface area contributed by atoms with Crippen molar-refractivity contribution >= 4 is 11.9 Å². The summed E-state index contributed by atoms with van der Waals surface area (Å²) < 4.78 is 6.53. The van der Waals surface area contributed by atoms with Crippen molar-refractivity contribution in [3.8, 4) is 0 Å². The van der Waals surface area contributed by atoms with E-state index in [-0.39, 0.29) is 18.5 Å². The van der Waals surface area contributed by atoms with Gasteiger partial charge in [-0.05, 0) is 12.8 Å². The molecule has 2 heterocycles. The summed E-state index contributed by atoms with van der Waals surface area (Å²) in [5.74, 6) is 0.106. The van der Waals surface area contributed by atoms with Crippen LogP contribution in [-0.2, 0) is 17.9 Å². The van der Waals surface area contributed by atoms with E-state index in [1.165, 1.54) is 17.5 Å². The number of hydrogen-bond acceptors (Lipinski definition) is 7. The zero-order valence-electron chi connectivity index (χ0n) is 11.0. The van der Waals surface area contributed by atoms with Crippen molar-refractivity contribution in [1.82, 2.24) is 30.5 Å². The van der Waals surface area contributed by atoms with Crippen LogP contribution in [0.15, 0.2) is 10.6 Å². The van der Waals surface area contributed by atoms with Crippen LogP contribution in [0, 0.1) is 6.92 Å². The van der Waals surface area contributed by atoms with Gasteiger partial charge in [-0.2, -0.15) is 0 Å². The van der Waals surface area contributed by atoms with Crippen LogP contribution in [0.25, 0.3) is 0 Å². The number of hydrogen-bond donors (Lipinski definition) is 2. The van der Waals surface area contributed by atoms with E-state index in [9.17, 15) is 4.79 Å². The Morgan fingerprint density at radius 2 is 2.30 bits per heavy atom. The maximum Gasteiger partial charge on any atom is 0.322 e. The fourth-order valence-corrected chi connectivity index (χ4v) is 1.69. The first-order valence-electron chi connectivity index (χ1n) is 6.41. The van der Waals surface area contributed by atoms with Crippen molar-refractivity contribution in [2.75, 3.05) is 5.32 Å². The topological polar surface area (TPSA) is 111 Å². The Labute approximate surface area is 114 Å². The van der Waals surface area contributed by atoms with Crippen molar-refractivity contribution < 1.29 is 9.21 Å². The van der Waals surface area contributed by atoms with Gasteiger partial charge in [-0.15, -0.1) is 10.2 Å². The highest BCUT2D eigenvalue weighted by molar-refractivity contribution is 5.88. The van der Waals surface area contributed by atoms with Crippen LogP contribution in [0.3, 0.4) is 0 Å². The number of rotatable bonds is 6. The molecule has 20 heavy (non-hydrogen) atoms. The Balaban J connectivity index is 1.50. The Morgan fingerprint density at radius 3 is 3.00 bits per heavy atom. The third kappa shape index (κ3) is 3.38. The average molecular weight is 277 g/mol. The van der Waals surface area contributed by atoms with E-state index in [0.717, 1.165) is 5.69 Å². The molecule has 1 aliphatic rings. The van der Waals surface area contributed by atoms with Gasteiger partial charge in [0, 0.05) is 19.5 Å². The van der Waals surface area contributed by atoms with E-state index < -0.39 is 0 Å². The predicted octanol–water partition coefficient (Wildman–Crippen LogP) is -0.140. The molecule has 1 aliphatic carbocycles. The van der Waals surface area contributed by atoms with Gasteiger partial charge in [-0.3, -0.25) is 10.1 Å². The van der Waals surface area contributed by atoms with Gasteiger partial charge in [0.2, 0.25) is 11.8 Å². The molecule has 3 rings (SSSR count). The zero-order valence-corrected chi connectivity index (χ0v) is 11.0. The van der Waals surface area contributed by atoms with Gasteiger partial charge < -0.3 is 9.73 Å². The molecule has 2 aromatic heterocycles. The summed E-state index contributed by atoms with van der Waals surface area (Å²) in [5, 5.41) is 21.0. The Morgan fingerprint density at radius 1 is 1.45 bits per heavy atom. The molecule has 0 atom stereocenters. The number of anilines is 1. The van der Waals surface area contributed by atoms with Crippen LogP contribution >= 0.6 is 0 Å². The van der Waals surface area contributed by atoms with Crippen LogP contribution in [-0.4, -0.2) is 37.1 Å². The van der Waals surface area contributed by atoms with Gasteiger partial charge in [-0.1, -0.05) is 10.3 Å². The first-order chi connectivity index (χ1) is 9.69. The van der Waals surface area contributed by atoms with Crippen molar-refractivity contribution in [3.05, 3.63) is 17.8 Å². The molecule has 0 radical (unpaired) electrons. The minimum Gasteiger partial charge on any atom is -0.408 e. The Hall–Kier alpha value is -2.29. The third-order valence-electron chi connectivity index (χ3n) is 2.81. The molecule has 1 saturated carbocycles. The van der Waals surface area contributed by atoms with Gasteiger partial charge >= 0.3 is 6.01 Å². The number of nitrogens with one attached hydrogen (secondary N) is 2. The molecule has 9 heteroatoms. The molecule has 106 valence electrons. The molecule has 9 nitrogen and oxygen atoms in total. The number of carbonyl (C=O) groups excluding carboxylic acids is 1. The molecule has 0 aromatic carbocycles. The summed E-state index contributed by atoms with van der Waals surface area (Å²) in [5.41, 5.74) is 0.818. The molecule has 0 spiro atoms. The average Bonchev–Trinajstić information content (AvgIpc) is 3.00. The first-order valence-corrected chi connectivity index (χ1v) is 6.41. The standard InChI is InChI=1S/C11H15N7O2/c1-7-14-16-11(20-7)13-10(19)6-18-5-9(15-17-18)4-12-8-2-3-8/h5,8,12H,2-4,6H2,1H3,(H,13,16,19). The highest BCUT2D eigenvalue weighted by atomic mass is 16.4. The summed E-state index contributed by atoms with van der Waals surface area (Å²) >= 11 is 0. The van der Waals surface area contributed by atoms with Crippen LogP contribution in [0.1, 0.15) is 24.4 Å². The fourth-order valence-electron chi connectivity index (χ4n) is 1.69. The molecular formula is C11H15N7O2. The number of aromatic nitrogens is 5. The molecule has 1 amide bonds. The van der Waals surface area contributed by atoms with Crippen molar-refractivity contribution in [3.63, 3.8) is 0 Å². The van der Waals surface area contributed by atoms with E-state index in [0.29, 0.717) is 18.5 Å². The summed E-state index contributed by atoms with van der Waals surface area (Å²) in [6.45, 7) is 2.38. The van der Waals surface area contributed by atoms with Gasteiger partial charge in [0.05, 0.1) is 11.9 Å². The number of nitrogens with zero attached hydrogens (tertiary/aromatic N) is 5. The number of aryl methyl sites for hydroxylation is 1. The number of carbonyl (C=O) groups is 1. The zero-order chi connectivity index (χ0) is 13.9. The summed E-state index contributed by atoms with van der Waals surface area (Å²) in [7, 11) is 0. The van der Waals surface area contributed by atoms with Gasteiger partial charge in [0.1, 0.15) is 6.54 Å². The van der Waals surface area contributed by atoms with Crippen LogP contribution < -0.4 is 10.6 Å². The SMILES string of the molecule is Cc1nnc(NC(=O)Cn2cc(CNC3CC3)nn2)o1. The second-order valence-electron chi connectivity index (χ2n) is 4.74. The van der Waals surface area contributed by atoms with E-state index in [1.54, 1.807) is 13.1 Å². The molecule has 2 N–H and O–H groups in total. The molecule has 0 unspecified atom stereocenters. The van der Waals surface area contributed by atoms with E-state index in [1.807, 2.05) is 0 Å². The lowest BCUT2D eigenvalue weighted by Crippen LogP contribution is -2.19. The highest BCUT2D eigenvalue weighted by Crippen LogP contribution is 2.18. The second kappa shape index (κ2) is 5.37. The number of amides is 1. The molecule has 2 aromatic rings. The van der Waals surface area contributed by atoms with Crippen LogP contribution in [0.4, 0.5) is 6.01 Å². The summed E-state index contributed by atoms with van der Waals surface area (Å²) in [6.07, 6.45) is 4.19. The fraction of sp³-hybridized carbons (Fsp3) is 0.545. The highest BCUT2D eigenvalue weighted by Gasteiger charge is 2.20. The minimum atomic E-state index is -0.291. The van der Waals surface area contributed by atoms with E-state index in [2.05, 4.69) is 31.1 Å². The second-order valence-corrected chi connectivity index (χ2v) is 4.74. The lowest BCUT2D eigenvalue weighted by atomic mass is 10.4. The molecule has 1 fully saturated rings. The van der Waals surface area contributed by atoms with Crippen LogP contribution in [0.2, 0.25) is 0 Å². The van der Waals surface area contributed by atoms with Gasteiger partial charge in [0.25, 0.3) is 0 Å². The Kier molecular flexibility index (Phi) is 3.42. The lowest BCUT2D eigenvalue weighted by molar-refractivity contribution is -0.117. The van der Waals surface area contributed by atoms with Crippen molar-refractivity contribution in [2.45, 2.75) is 38.9 Å². The summed E-state index contributed by atoms with van der Waals surface area (Å²) in [4.78, 5) is 11.7. The van der Waals surface area contributed by atoms with Gasteiger partial charge in [-0.25, -0.2) is 4.68 Å². The molecular weight excluding hydrogens is 262 g/mol. The minimum absolute atomic E-state index is 0.0534. The molecule has 0 saturated heterocycles. The van der Waals surface area contributed by atoms with E-state index >= 15 is 0 Å². The van der Waals surface area contributed by atoms with Gasteiger partial charge in [0.15, 0.2) is 0 Å². The predicted molar refractivity (Wildman–Crippen MR) is 67.5 cm³/mol. The maximum atomic E-state index is 11.7. The first kappa shape index (κ1) is 12.7. The molecule has 0 aliphatic heterocycles. The molecule has 0 bridgehead atoms. The van der Waals surface area contributed by atoms with Crippen molar-refractivity contribution in [2.24, 2.45) is 0 Å². The quantitative estimate of drug-likeness (QED) is 0.756. The lowest BCUT2D eigenvalue weighted by Gasteiger charge is -1.99. The smallest absolute Gasteiger partial charge is 0.322 e. The maximum absolute atomic E-state index is 11.7. The van der Waals surface area contributed by atoms with Crippen molar-refractivity contribution in [1.29, 1.82) is 0 Å². The Bertz CT molecular complexity index is 601.